The van der Waals surface area contributed by atoms with E-state index in [9.17, 15) is 0 Å². The van der Waals surface area contributed by atoms with Crippen molar-refractivity contribution in [3.05, 3.63) is 0 Å². The molecule has 38 valence electrons. The predicted molar refractivity (Wildman–Crippen MR) is 42.0 cm³/mol. The van der Waals surface area contributed by atoms with Crippen molar-refractivity contribution < 1.29 is 0 Å². The topological polar surface area (TPSA) is 0 Å². The van der Waals surface area contributed by atoms with Gasteiger partial charge in [0, 0.05) is 26.6 Å². The Morgan fingerprint density at radius 2 is 1.67 bits per heavy atom. The average molecular weight is 141 g/mol. The minimum absolute atomic E-state index is 0.563. The number of hydrogen-bond acceptors (Lipinski definition) is 1. The van der Waals surface area contributed by atoms with Crippen molar-refractivity contribution >= 4 is 26.5 Å². The second-order valence-corrected chi connectivity index (χ2v) is 13.8. The van der Waals surface area contributed by atoms with Crippen LogP contribution in [0.1, 0.15) is 0 Å². The molecule has 0 aliphatic rings. The van der Waals surface area contributed by atoms with E-state index in [4.69, 9.17) is 0 Å². The zero-order valence-electron chi connectivity index (χ0n) is 4.43. The van der Waals surface area contributed by atoms with E-state index in [1.807, 2.05) is 11.4 Å². The minimum Gasteiger partial charge on any atom is 0.0148 e. The summed E-state index contributed by atoms with van der Waals surface area (Å²) in [6.07, 6.45) is 1.59. The molecule has 0 spiro atoms. The molecule has 0 N–H and O–H groups in total. The van der Waals surface area contributed by atoms with Gasteiger partial charge in [0.15, 0.2) is 0 Å². The zero-order chi connectivity index (χ0) is 5.21. The molecular formula is C3H11P2S+. The quantitative estimate of drug-likeness (QED) is 0.505. The highest BCUT2D eigenvalue weighted by Crippen LogP contribution is 2.69. The molecule has 0 heterocycles. The molecule has 0 aliphatic carbocycles. The maximum Gasteiger partial charge on any atom is 0.0799 e. The summed E-state index contributed by atoms with van der Waals surface area (Å²) in [5, 5.41) is 0. The van der Waals surface area contributed by atoms with E-state index in [2.05, 4.69) is 28.5 Å². The van der Waals surface area contributed by atoms with Gasteiger partial charge in [0.2, 0.25) is 0 Å². The van der Waals surface area contributed by atoms with Gasteiger partial charge in [0.05, 0.1) is 19.5 Å². The fourth-order valence-corrected chi connectivity index (χ4v) is 0. The van der Waals surface area contributed by atoms with E-state index in [0.29, 0.717) is 0 Å². The van der Waals surface area contributed by atoms with Crippen molar-refractivity contribution in [3.63, 3.8) is 0 Å². The smallest absolute Gasteiger partial charge is 0.0148 e. The van der Waals surface area contributed by atoms with Crippen LogP contribution in [-0.2, 0) is 0 Å². The van der Waals surface area contributed by atoms with E-state index in [1.54, 1.807) is 0 Å². The van der Waals surface area contributed by atoms with E-state index >= 15 is 0 Å². The van der Waals surface area contributed by atoms with Crippen molar-refractivity contribution in [2.75, 3.05) is 19.6 Å². The van der Waals surface area contributed by atoms with Crippen molar-refractivity contribution in [1.29, 1.82) is 0 Å². The van der Waals surface area contributed by atoms with Crippen LogP contribution in [0.4, 0.5) is 0 Å². The molecule has 6 heavy (non-hydrogen) atoms. The summed E-state index contributed by atoms with van der Waals surface area (Å²) in [5.41, 5.74) is 0. The Bertz CT molecular complexity index is 38.5. The van der Waals surface area contributed by atoms with Gasteiger partial charge in [0.1, 0.15) is 0 Å². The highest BCUT2D eigenvalue weighted by atomic mass is 32.9. The third kappa shape index (κ3) is 5.21. The van der Waals surface area contributed by atoms with Crippen LogP contribution >= 0.6 is 26.5 Å². The second-order valence-electron chi connectivity index (χ2n) is 1.62. The molecule has 0 aliphatic heterocycles. The maximum atomic E-state index is 2.87. The molecule has 0 fully saturated rings. The molecule has 1 atom stereocenters. The lowest BCUT2D eigenvalue weighted by Crippen LogP contribution is -1.61. The van der Waals surface area contributed by atoms with E-state index in [1.165, 1.54) is 0 Å². The van der Waals surface area contributed by atoms with Crippen molar-refractivity contribution in [1.82, 2.24) is 0 Å². The predicted octanol–water partition coefficient (Wildman–Crippen LogP) is 2.33. The molecule has 0 aromatic carbocycles. The van der Waals surface area contributed by atoms with E-state index in [0.717, 1.165) is 0 Å². The third-order valence-corrected chi connectivity index (χ3v) is 6.13. The first kappa shape index (κ1) is 7.21. The standard InChI is InChI=1S/C3H11P2S/c1-5(2,4)6-3/h4H2,1-3H3/q+1. The van der Waals surface area contributed by atoms with Crippen LogP contribution < -0.4 is 0 Å². The molecule has 0 nitrogen and oxygen atoms in total. The molecule has 0 radical (unpaired) electrons. The fraction of sp³-hybridized carbons (Fsp3) is 1.00. The maximum absolute atomic E-state index is 2.87. The van der Waals surface area contributed by atoms with Crippen molar-refractivity contribution in [2.24, 2.45) is 0 Å². The highest BCUT2D eigenvalue weighted by Gasteiger charge is 2.13. The normalized spacial score (nSPS) is 12.0. The van der Waals surface area contributed by atoms with Crippen LogP contribution in [0.25, 0.3) is 0 Å². The van der Waals surface area contributed by atoms with Crippen molar-refractivity contribution in [3.8, 4) is 0 Å². The molecule has 0 aromatic rings. The van der Waals surface area contributed by atoms with Gasteiger partial charge in [0.25, 0.3) is 0 Å². The van der Waals surface area contributed by atoms with Gasteiger partial charge in [-0.15, -0.1) is 0 Å². The fourth-order valence-electron chi connectivity index (χ4n) is 0. The van der Waals surface area contributed by atoms with Crippen LogP contribution in [0.5, 0.6) is 0 Å². The summed E-state index contributed by atoms with van der Waals surface area (Å²) in [6, 6.07) is 0. The molecule has 0 saturated heterocycles. The van der Waals surface area contributed by atoms with Crippen LogP contribution in [-0.4, -0.2) is 19.6 Å². The largest absolute Gasteiger partial charge is 0.0799 e. The Balaban J connectivity index is 3.17. The lowest BCUT2D eigenvalue weighted by atomic mass is 11.9. The van der Waals surface area contributed by atoms with Crippen LogP contribution in [0.3, 0.4) is 0 Å². The first-order valence-corrected chi connectivity index (χ1v) is 7.87. The second kappa shape index (κ2) is 2.50. The molecule has 0 bridgehead atoms. The van der Waals surface area contributed by atoms with Gasteiger partial charge in [-0.3, -0.25) is 0 Å². The van der Waals surface area contributed by atoms with Crippen LogP contribution in [0.2, 0.25) is 0 Å². The first-order chi connectivity index (χ1) is 2.56. The molecule has 0 amide bonds. The number of rotatable bonds is 1. The van der Waals surface area contributed by atoms with Crippen LogP contribution in [0, 0.1) is 0 Å². The molecule has 3 heteroatoms. The summed E-state index contributed by atoms with van der Waals surface area (Å²) in [6.45, 7) is 4.56. The molecule has 0 aromatic heterocycles. The molecular weight excluding hydrogens is 130 g/mol. The minimum atomic E-state index is -0.563. The van der Waals surface area contributed by atoms with E-state index in [-0.39, 0.29) is 0 Å². The Kier molecular flexibility index (Phi) is 3.01. The summed E-state index contributed by atoms with van der Waals surface area (Å²) in [4.78, 5) is 0. The summed E-state index contributed by atoms with van der Waals surface area (Å²) < 4.78 is 0. The Labute approximate surface area is 46.7 Å². The molecule has 0 rings (SSSR count). The van der Waals surface area contributed by atoms with Gasteiger partial charge in [-0.2, -0.15) is 0 Å². The number of hydrogen-bond donors (Lipinski definition) is 0. The first-order valence-electron chi connectivity index (χ1n) is 1.74. The lowest BCUT2D eigenvalue weighted by Gasteiger charge is -2.02. The Morgan fingerprint density at radius 1 is 1.50 bits per heavy atom. The molecule has 1 unspecified atom stereocenters. The van der Waals surface area contributed by atoms with Gasteiger partial charge in [-0.1, -0.05) is 0 Å². The molecule has 0 saturated carbocycles. The van der Waals surface area contributed by atoms with E-state index < -0.39 is 6.15 Å². The summed E-state index contributed by atoms with van der Waals surface area (Å²) in [7, 11) is 2.87. The summed E-state index contributed by atoms with van der Waals surface area (Å²) >= 11 is 1.96. The Morgan fingerprint density at radius 3 is 1.67 bits per heavy atom. The highest BCUT2D eigenvalue weighted by molar-refractivity contribution is 8.78. The summed E-state index contributed by atoms with van der Waals surface area (Å²) in [5.74, 6) is 0. The monoisotopic (exact) mass is 141 g/mol. The average Bonchev–Trinajstić information content (AvgIpc) is 1.35. The van der Waals surface area contributed by atoms with Crippen LogP contribution in [0.15, 0.2) is 0 Å². The van der Waals surface area contributed by atoms with Gasteiger partial charge in [-0.25, -0.2) is 0 Å². The SMILES string of the molecule is CS[P+](C)(C)P. The zero-order valence-corrected chi connectivity index (χ0v) is 7.30. The Hall–Kier alpha value is 1.21. The van der Waals surface area contributed by atoms with Crippen molar-refractivity contribution in [2.45, 2.75) is 0 Å². The van der Waals surface area contributed by atoms with Gasteiger partial charge >= 0.3 is 0 Å². The van der Waals surface area contributed by atoms with Gasteiger partial charge < -0.3 is 0 Å². The third-order valence-electron chi connectivity index (χ3n) is 0.471. The lowest BCUT2D eigenvalue weighted by molar-refractivity contribution is 2.27. The van der Waals surface area contributed by atoms with Gasteiger partial charge in [-0.05, 0) is 0 Å².